The molecule has 0 fully saturated rings. The molecule has 0 saturated heterocycles. The van der Waals surface area contributed by atoms with E-state index in [1.54, 1.807) is 28.7 Å². The monoisotopic (exact) mass is 333 g/mol. The van der Waals surface area contributed by atoms with E-state index in [9.17, 15) is 9.18 Å². The number of halogens is 1. The summed E-state index contributed by atoms with van der Waals surface area (Å²) in [5.74, 6) is 0.242. The molecule has 0 unspecified atom stereocenters. The van der Waals surface area contributed by atoms with E-state index in [2.05, 4.69) is 20.3 Å². The van der Waals surface area contributed by atoms with E-state index < -0.39 is 0 Å². The van der Waals surface area contributed by atoms with E-state index in [0.717, 1.165) is 0 Å². The highest BCUT2D eigenvalue weighted by Crippen LogP contribution is 2.23. The number of aromatic nitrogens is 4. The van der Waals surface area contributed by atoms with Gasteiger partial charge in [-0.1, -0.05) is 6.07 Å². The summed E-state index contributed by atoms with van der Waals surface area (Å²) >= 11 is 0. The third-order valence-electron chi connectivity index (χ3n) is 3.69. The maximum Gasteiger partial charge on any atom is 0.277 e. The fourth-order valence-electron chi connectivity index (χ4n) is 2.55. The minimum atomic E-state index is -0.379. The molecule has 0 aliphatic rings. The van der Waals surface area contributed by atoms with E-state index in [4.69, 9.17) is 0 Å². The third kappa shape index (κ3) is 2.83. The van der Waals surface area contributed by atoms with Gasteiger partial charge in [0.05, 0.1) is 5.52 Å². The van der Waals surface area contributed by atoms with Gasteiger partial charge in [-0.05, 0) is 42.5 Å². The lowest BCUT2D eigenvalue weighted by Crippen LogP contribution is -2.13. The lowest BCUT2D eigenvalue weighted by Gasteiger charge is -2.01. The molecule has 7 heteroatoms. The van der Waals surface area contributed by atoms with Crippen molar-refractivity contribution >= 4 is 17.2 Å². The van der Waals surface area contributed by atoms with Crippen LogP contribution in [-0.4, -0.2) is 25.3 Å². The molecule has 0 atom stereocenters. The number of carbonyl (C=O) groups excluding carboxylic acids is 1. The van der Waals surface area contributed by atoms with E-state index >= 15 is 0 Å². The second-order valence-corrected chi connectivity index (χ2v) is 5.30. The van der Waals surface area contributed by atoms with Crippen molar-refractivity contribution in [2.75, 3.05) is 5.32 Å². The minimum absolute atomic E-state index is 0.263. The zero-order valence-corrected chi connectivity index (χ0v) is 12.9. The highest BCUT2D eigenvalue weighted by molar-refractivity contribution is 6.07. The predicted octanol–water partition coefficient (Wildman–Crippen LogP) is 3.18. The molecule has 0 spiro atoms. The van der Waals surface area contributed by atoms with Crippen molar-refractivity contribution in [1.29, 1.82) is 0 Å². The van der Waals surface area contributed by atoms with Crippen molar-refractivity contribution in [3.8, 4) is 11.4 Å². The van der Waals surface area contributed by atoms with E-state index in [-0.39, 0.29) is 17.4 Å². The Hall–Kier alpha value is -3.61. The van der Waals surface area contributed by atoms with Crippen LogP contribution >= 0.6 is 0 Å². The standard InChI is InChI=1S/C18H12FN5O/c19-13-6-4-12(5-7-13)17-23-16(14-3-1-2-10-24(14)17)18(25)22-15-8-9-20-11-21-15/h1-11H,(H,20,21,22,25). The molecule has 1 aromatic carbocycles. The Morgan fingerprint density at radius 2 is 1.92 bits per heavy atom. The summed E-state index contributed by atoms with van der Waals surface area (Å²) in [5.41, 5.74) is 1.62. The second kappa shape index (κ2) is 6.12. The summed E-state index contributed by atoms with van der Waals surface area (Å²) < 4.78 is 15.0. The summed E-state index contributed by atoms with van der Waals surface area (Å²) in [6.07, 6.45) is 4.70. The molecule has 4 rings (SSSR count). The Labute approximate surface area is 142 Å². The molecular weight excluding hydrogens is 321 g/mol. The molecule has 1 amide bonds. The molecule has 0 saturated carbocycles. The number of hydrogen-bond donors (Lipinski definition) is 1. The number of fused-ring (bicyclic) bond motifs is 1. The van der Waals surface area contributed by atoms with Crippen LogP contribution in [0.2, 0.25) is 0 Å². The molecule has 6 nitrogen and oxygen atoms in total. The molecule has 3 aromatic heterocycles. The van der Waals surface area contributed by atoms with E-state index in [1.807, 2.05) is 18.3 Å². The normalized spacial score (nSPS) is 10.8. The van der Waals surface area contributed by atoms with Crippen molar-refractivity contribution in [3.05, 3.63) is 78.8 Å². The SMILES string of the molecule is O=C(Nc1ccncn1)c1nc(-c2ccc(F)cc2)n2ccccc12. The molecular formula is C18H12FN5O. The smallest absolute Gasteiger partial charge is 0.277 e. The van der Waals surface area contributed by atoms with Gasteiger partial charge in [0.1, 0.15) is 23.8 Å². The van der Waals surface area contributed by atoms with Gasteiger partial charge in [-0.2, -0.15) is 0 Å². The van der Waals surface area contributed by atoms with Gasteiger partial charge in [0.2, 0.25) is 0 Å². The average molecular weight is 333 g/mol. The van der Waals surface area contributed by atoms with Crippen LogP contribution in [0.3, 0.4) is 0 Å². The third-order valence-corrected chi connectivity index (χ3v) is 3.69. The number of hydrogen-bond acceptors (Lipinski definition) is 4. The Morgan fingerprint density at radius 1 is 1.08 bits per heavy atom. The van der Waals surface area contributed by atoms with Crippen LogP contribution in [-0.2, 0) is 0 Å². The lowest BCUT2D eigenvalue weighted by molar-refractivity contribution is 0.102. The van der Waals surface area contributed by atoms with Crippen LogP contribution in [0.15, 0.2) is 67.3 Å². The Morgan fingerprint density at radius 3 is 2.68 bits per heavy atom. The number of rotatable bonds is 3. The molecule has 4 aromatic rings. The minimum Gasteiger partial charge on any atom is -0.305 e. The first kappa shape index (κ1) is 14.9. The van der Waals surface area contributed by atoms with Gasteiger partial charge in [0.25, 0.3) is 5.91 Å². The fourth-order valence-corrected chi connectivity index (χ4v) is 2.55. The maximum atomic E-state index is 13.2. The van der Waals surface area contributed by atoms with Crippen molar-refractivity contribution in [2.24, 2.45) is 0 Å². The fraction of sp³-hybridized carbons (Fsp3) is 0. The number of nitrogens with zero attached hydrogens (tertiary/aromatic N) is 4. The largest absolute Gasteiger partial charge is 0.305 e. The average Bonchev–Trinajstić information content (AvgIpc) is 3.03. The zero-order chi connectivity index (χ0) is 17.2. The predicted molar refractivity (Wildman–Crippen MR) is 90.6 cm³/mol. The van der Waals surface area contributed by atoms with Crippen molar-refractivity contribution < 1.29 is 9.18 Å². The van der Waals surface area contributed by atoms with Gasteiger partial charge >= 0.3 is 0 Å². The van der Waals surface area contributed by atoms with Gasteiger partial charge in [0, 0.05) is 18.0 Å². The summed E-state index contributed by atoms with van der Waals surface area (Å²) in [6.45, 7) is 0. The number of imidazole rings is 1. The first-order valence-electron chi connectivity index (χ1n) is 7.53. The molecule has 3 heterocycles. The molecule has 0 aliphatic carbocycles. The van der Waals surface area contributed by atoms with Gasteiger partial charge in [-0.3, -0.25) is 9.20 Å². The summed E-state index contributed by atoms with van der Waals surface area (Å²) in [7, 11) is 0. The number of pyridine rings is 1. The first-order chi connectivity index (χ1) is 12.2. The molecule has 25 heavy (non-hydrogen) atoms. The summed E-state index contributed by atoms with van der Waals surface area (Å²) in [5, 5.41) is 2.70. The summed E-state index contributed by atoms with van der Waals surface area (Å²) in [4.78, 5) is 24.9. The van der Waals surface area contributed by atoms with E-state index in [1.165, 1.54) is 24.7 Å². The Kier molecular flexibility index (Phi) is 3.66. The van der Waals surface area contributed by atoms with Crippen LogP contribution in [0.25, 0.3) is 16.9 Å². The van der Waals surface area contributed by atoms with Gasteiger partial charge in [-0.25, -0.2) is 19.3 Å². The number of anilines is 1. The number of amides is 1. The van der Waals surface area contributed by atoms with Crippen LogP contribution in [0.1, 0.15) is 10.5 Å². The highest BCUT2D eigenvalue weighted by atomic mass is 19.1. The number of carbonyl (C=O) groups is 1. The van der Waals surface area contributed by atoms with Gasteiger partial charge < -0.3 is 5.32 Å². The van der Waals surface area contributed by atoms with E-state index in [0.29, 0.717) is 22.7 Å². The molecule has 0 radical (unpaired) electrons. The summed E-state index contributed by atoms with van der Waals surface area (Å²) in [6, 6.07) is 13.0. The molecule has 1 N–H and O–H groups in total. The van der Waals surface area contributed by atoms with Gasteiger partial charge in [0.15, 0.2) is 5.69 Å². The van der Waals surface area contributed by atoms with Crippen LogP contribution in [0, 0.1) is 5.82 Å². The van der Waals surface area contributed by atoms with Gasteiger partial charge in [-0.15, -0.1) is 0 Å². The van der Waals surface area contributed by atoms with Crippen LogP contribution in [0.5, 0.6) is 0 Å². The quantitative estimate of drug-likeness (QED) is 0.625. The maximum absolute atomic E-state index is 13.2. The Balaban J connectivity index is 1.79. The van der Waals surface area contributed by atoms with Crippen molar-refractivity contribution in [2.45, 2.75) is 0 Å². The van der Waals surface area contributed by atoms with Crippen molar-refractivity contribution in [3.63, 3.8) is 0 Å². The molecule has 122 valence electrons. The zero-order valence-electron chi connectivity index (χ0n) is 12.9. The second-order valence-electron chi connectivity index (χ2n) is 5.30. The lowest BCUT2D eigenvalue weighted by atomic mass is 10.2. The topological polar surface area (TPSA) is 72.2 Å². The van der Waals surface area contributed by atoms with Crippen LogP contribution in [0.4, 0.5) is 10.2 Å². The first-order valence-corrected chi connectivity index (χ1v) is 7.53. The molecule has 0 bridgehead atoms. The number of benzene rings is 1. The Bertz CT molecular complexity index is 1040. The number of nitrogens with one attached hydrogen (secondary N) is 1. The highest BCUT2D eigenvalue weighted by Gasteiger charge is 2.18. The molecule has 0 aliphatic heterocycles. The van der Waals surface area contributed by atoms with Crippen molar-refractivity contribution in [1.82, 2.24) is 19.4 Å². The van der Waals surface area contributed by atoms with Crippen LogP contribution < -0.4 is 5.32 Å².